The minimum Gasteiger partial charge on any atom is -0.394 e. The zero-order valence-corrected chi connectivity index (χ0v) is 22.5. The molecule has 0 unspecified atom stereocenters. The third kappa shape index (κ3) is 20.4. The van der Waals surface area contributed by atoms with E-state index in [1.807, 2.05) is 6.92 Å². The molecule has 1 aromatic rings. The molecular formula is C24H42O12S. The van der Waals surface area contributed by atoms with Crippen LogP contribution in [0.2, 0.25) is 0 Å². The lowest BCUT2D eigenvalue weighted by atomic mass is 10.2. The van der Waals surface area contributed by atoms with Crippen molar-refractivity contribution >= 4 is 10.1 Å². The van der Waals surface area contributed by atoms with E-state index in [1.54, 1.807) is 12.1 Å². The second kappa shape index (κ2) is 23.9. The molecule has 0 saturated carbocycles. The summed E-state index contributed by atoms with van der Waals surface area (Å²) in [5.74, 6) is 0. The monoisotopic (exact) mass is 554 g/mol. The fraction of sp³-hybridized carbons (Fsp3) is 0.750. The standard InChI is InChI=1S/C24H42O12S/c1-23-2-4-24(5-3-23)37(26,27)36-21-20-33-15-14-30-11-13-32-17-19-35-22-34-18-16-31-12-10-29-9-8-28-7-6-25/h2-5,25H,6-22H2,1H3. The minimum atomic E-state index is -3.77. The molecule has 0 aromatic heterocycles. The highest BCUT2D eigenvalue weighted by Gasteiger charge is 2.14. The molecule has 0 aliphatic carbocycles. The number of hydrogen-bond donors (Lipinski definition) is 1. The highest BCUT2D eigenvalue weighted by molar-refractivity contribution is 7.86. The van der Waals surface area contributed by atoms with Crippen LogP contribution in [0, 0.1) is 6.92 Å². The number of benzene rings is 1. The van der Waals surface area contributed by atoms with Crippen LogP contribution in [0.5, 0.6) is 0 Å². The van der Waals surface area contributed by atoms with Gasteiger partial charge in [0.1, 0.15) is 6.79 Å². The van der Waals surface area contributed by atoms with Gasteiger partial charge in [-0.2, -0.15) is 8.42 Å². The van der Waals surface area contributed by atoms with Crippen molar-refractivity contribution in [3.63, 3.8) is 0 Å². The summed E-state index contributed by atoms with van der Waals surface area (Å²) in [6.45, 7) is 7.56. The van der Waals surface area contributed by atoms with Gasteiger partial charge in [-0.25, -0.2) is 0 Å². The van der Waals surface area contributed by atoms with Crippen molar-refractivity contribution in [2.24, 2.45) is 0 Å². The van der Waals surface area contributed by atoms with Crippen LogP contribution in [-0.4, -0.2) is 126 Å². The zero-order valence-electron chi connectivity index (χ0n) is 21.7. The molecule has 1 N–H and O–H groups in total. The normalized spacial score (nSPS) is 11.8. The molecule has 12 nitrogen and oxygen atoms in total. The zero-order chi connectivity index (χ0) is 26.9. The van der Waals surface area contributed by atoms with Gasteiger partial charge in [0, 0.05) is 0 Å². The van der Waals surface area contributed by atoms with Gasteiger partial charge in [-0.3, -0.25) is 4.18 Å². The summed E-state index contributed by atoms with van der Waals surface area (Å²) in [4.78, 5) is 0.126. The SMILES string of the molecule is Cc1ccc(S(=O)(=O)OCCOCCOCCOCCOCOCCOCCOCCOCCO)cc1. The lowest BCUT2D eigenvalue weighted by Crippen LogP contribution is -2.15. The van der Waals surface area contributed by atoms with E-state index >= 15 is 0 Å². The van der Waals surface area contributed by atoms with Crippen LogP contribution in [0.4, 0.5) is 0 Å². The molecule has 1 rings (SSSR count). The van der Waals surface area contributed by atoms with E-state index in [0.29, 0.717) is 85.9 Å². The van der Waals surface area contributed by atoms with Crippen LogP contribution in [0.3, 0.4) is 0 Å². The quantitative estimate of drug-likeness (QED) is 0.0935. The Bertz CT molecular complexity index is 730. The highest BCUT2D eigenvalue weighted by Crippen LogP contribution is 2.12. The van der Waals surface area contributed by atoms with Crippen molar-refractivity contribution in [3.8, 4) is 0 Å². The first-order chi connectivity index (χ1) is 18.1. The van der Waals surface area contributed by atoms with Crippen molar-refractivity contribution in [1.29, 1.82) is 0 Å². The van der Waals surface area contributed by atoms with Crippen molar-refractivity contribution in [1.82, 2.24) is 0 Å². The number of aliphatic hydroxyl groups excluding tert-OH is 1. The van der Waals surface area contributed by atoms with Gasteiger partial charge in [0.25, 0.3) is 10.1 Å². The number of aliphatic hydroxyl groups is 1. The third-order valence-corrected chi connectivity index (χ3v) is 5.74. The number of hydrogen-bond acceptors (Lipinski definition) is 12. The Morgan fingerprint density at radius 1 is 0.541 bits per heavy atom. The van der Waals surface area contributed by atoms with Crippen LogP contribution < -0.4 is 0 Å². The topological polar surface area (TPSA) is 137 Å². The van der Waals surface area contributed by atoms with Gasteiger partial charge in [-0.15, -0.1) is 0 Å². The predicted molar refractivity (Wildman–Crippen MR) is 133 cm³/mol. The molecule has 0 saturated heterocycles. The molecule has 13 heteroatoms. The first-order valence-corrected chi connectivity index (χ1v) is 13.7. The van der Waals surface area contributed by atoms with E-state index in [4.69, 9.17) is 47.2 Å². The maximum Gasteiger partial charge on any atom is 0.297 e. The summed E-state index contributed by atoms with van der Waals surface area (Å²) in [6.07, 6.45) is 0. The van der Waals surface area contributed by atoms with Gasteiger partial charge in [-0.1, -0.05) is 17.7 Å². The Balaban J connectivity index is 1.74. The van der Waals surface area contributed by atoms with Gasteiger partial charge in [0.15, 0.2) is 0 Å². The van der Waals surface area contributed by atoms with Gasteiger partial charge in [0.2, 0.25) is 0 Å². The van der Waals surface area contributed by atoms with Gasteiger partial charge in [0.05, 0.1) is 111 Å². The fourth-order valence-electron chi connectivity index (χ4n) is 2.54. The average molecular weight is 555 g/mol. The maximum atomic E-state index is 12.0. The average Bonchev–Trinajstić information content (AvgIpc) is 2.89. The van der Waals surface area contributed by atoms with Crippen molar-refractivity contribution in [3.05, 3.63) is 29.8 Å². The van der Waals surface area contributed by atoms with E-state index in [9.17, 15) is 8.42 Å². The van der Waals surface area contributed by atoms with E-state index in [1.165, 1.54) is 12.1 Å². The highest BCUT2D eigenvalue weighted by atomic mass is 32.2. The molecular weight excluding hydrogens is 512 g/mol. The van der Waals surface area contributed by atoms with E-state index in [-0.39, 0.29) is 31.5 Å². The largest absolute Gasteiger partial charge is 0.394 e. The van der Waals surface area contributed by atoms with Crippen LogP contribution in [0.15, 0.2) is 29.2 Å². The Hall–Kier alpha value is -1.23. The first kappa shape index (κ1) is 33.8. The molecule has 0 fully saturated rings. The van der Waals surface area contributed by atoms with Crippen molar-refractivity contribution in [2.45, 2.75) is 11.8 Å². The lowest BCUT2D eigenvalue weighted by molar-refractivity contribution is -0.0863. The van der Waals surface area contributed by atoms with E-state index in [0.717, 1.165) is 5.56 Å². The maximum absolute atomic E-state index is 12.0. The molecule has 0 spiro atoms. The lowest BCUT2D eigenvalue weighted by Gasteiger charge is -2.09. The van der Waals surface area contributed by atoms with Crippen LogP contribution in [0.25, 0.3) is 0 Å². The van der Waals surface area contributed by atoms with Crippen LogP contribution in [-0.2, 0) is 52.2 Å². The summed E-state index contributed by atoms with van der Waals surface area (Å²) >= 11 is 0. The summed E-state index contributed by atoms with van der Waals surface area (Å²) in [7, 11) is -3.77. The van der Waals surface area contributed by atoms with Gasteiger partial charge < -0.3 is 43.0 Å². The van der Waals surface area contributed by atoms with Crippen molar-refractivity contribution in [2.75, 3.05) is 113 Å². The summed E-state index contributed by atoms with van der Waals surface area (Å²) < 4.78 is 71.3. The number of aryl methyl sites for hydroxylation is 1. The fourth-order valence-corrected chi connectivity index (χ4v) is 3.43. The van der Waals surface area contributed by atoms with Crippen molar-refractivity contribution < 1.29 is 55.6 Å². The summed E-state index contributed by atoms with van der Waals surface area (Å²) in [6, 6.07) is 6.46. The molecule has 1 aromatic carbocycles. The molecule has 216 valence electrons. The molecule has 0 bridgehead atoms. The summed E-state index contributed by atoms with van der Waals surface area (Å²) in [5.41, 5.74) is 0.974. The van der Waals surface area contributed by atoms with E-state index in [2.05, 4.69) is 0 Å². The predicted octanol–water partition coefficient (Wildman–Crippen LogP) is 0.783. The second-order valence-corrected chi connectivity index (χ2v) is 9.04. The molecule has 37 heavy (non-hydrogen) atoms. The molecule has 0 amide bonds. The first-order valence-electron chi connectivity index (χ1n) is 12.2. The molecule has 0 aliphatic heterocycles. The second-order valence-electron chi connectivity index (χ2n) is 7.42. The van der Waals surface area contributed by atoms with Gasteiger partial charge >= 0.3 is 0 Å². The Labute approximate surface area is 220 Å². The van der Waals surface area contributed by atoms with Crippen LogP contribution >= 0.6 is 0 Å². The molecule has 0 heterocycles. The third-order valence-electron chi connectivity index (χ3n) is 4.41. The number of rotatable bonds is 27. The molecule has 0 aliphatic rings. The molecule has 0 radical (unpaired) electrons. The summed E-state index contributed by atoms with van der Waals surface area (Å²) in [5, 5.41) is 8.55. The smallest absolute Gasteiger partial charge is 0.297 e. The minimum absolute atomic E-state index is 0.0134. The van der Waals surface area contributed by atoms with Crippen LogP contribution in [0.1, 0.15) is 5.56 Å². The number of ether oxygens (including phenoxy) is 8. The van der Waals surface area contributed by atoms with Gasteiger partial charge in [-0.05, 0) is 19.1 Å². The molecule has 0 atom stereocenters. The Morgan fingerprint density at radius 2 is 0.892 bits per heavy atom. The van der Waals surface area contributed by atoms with E-state index < -0.39 is 10.1 Å². The Kier molecular flexibility index (Phi) is 21.8. The Morgan fingerprint density at radius 3 is 1.30 bits per heavy atom.